The van der Waals surface area contributed by atoms with Crippen LogP contribution in [0.4, 0.5) is 11.4 Å². The number of thioether (sulfide) groups is 1. The van der Waals surface area contributed by atoms with Crippen LogP contribution in [-0.4, -0.2) is 17.6 Å². The van der Waals surface area contributed by atoms with Gasteiger partial charge in [-0.3, -0.25) is 9.59 Å². The molecule has 1 aromatic heterocycles. The zero-order valence-electron chi connectivity index (χ0n) is 19.6. The van der Waals surface area contributed by atoms with E-state index in [0.29, 0.717) is 38.3 Å². The molecule has 182 valence electrons. The molecule has 0 aliphatic carbocycles. The van der Waals surface area contributed by atoms with Crippen molar-refractivity contribution in [3.05, 3.63) is 103 Å². The summed E-state index contributed by atoms with van der Waals surface area (Å²) < 4.78 is 0. The first kappa shape index (κ1) is 25.6. The molecule has 2 aromatic carbocycles. The fourth-order valence-electron chi connectivity index (χ4n) is 3.86. The number of nitrogens with one attached hydrogen (secondary N) is 3. The smallest absolute Gasteiger partial charge is 0.254 e. The highest BCUT2D eigenvalue weighted by molar-refractivity contribution is 8.03. The monoisotopic (exact) mass is 534 g/mol. The van der Waals surface area contributed by atoms with Gasteiger partial charge in [0.1, 0.15) is 0 Å². The van der Waals surface area contributed by atoms with Crippen LogP contribution in [0.5, 0.6) is 0 Å². The predicted octanol–water partition coefficient (Wildman–Crippen LogP) is 6.42. The van der Waals surface area contributed by atoms with Gasteiger partial charge in [-0.1, -0.05) is 59.8 Å². The van der Waals surface area contributed by atoms with E-state index in [1.54, 1.807) is 24.3 Å². The number of nitriles is 1. The fourth-order valence-corrected chi connectivity index (χ4v) is 5.77. The van der Waals surface area contributed by atoms with Gasteiger partial charge in [-0.2, -0.15) is 5.26 Å². The lowest BCUT2D eigenvalue weighted by atomic mass is 9.86. The first-order chi connectivity index (χ1) is 17.4. The second-order valence-electron chi connectivity index (χ2n) is 8.05. The van der Waals surface area contributed by atoms with Gasteiger partial charge in [-0.05, 0) is 49.1 Å². The van der Waals surface area contributed by atoms with E-state index in [4.69, 9.17) is 11.6 Å². The minimum atomic E-state index is -0.547. The third-order valence-electron chi connectivity index (χ3n) is 5.61. The van der Waals surface area contributed by atoms with Crippen LogP contribution in [0.3, 0.4) is 0 Å². The Balaban J connectivity index is 1.60. The maximum atomic E-state index is 13.5. The van der Waals surface area contributed by atoms with Gasteiger partial charge in [0.15, 0.2) is 0 Å². The zero-order valence-corrected chi connectivity index (χ0v) is 22.0. The van der Waals surface area contributed by atoms with Crippen LogP contribution in [0.25, 0.3) is 0 Å². The maximum absolute atomic E-state index is 13.5. The number of dihydropyridines is 1. The second kappa shape index (κ2) is 11.5. The summed E-state index contributed by atoms with van der Waals surface area (Å²) in [5.41, 5.74) is 3.69. The summed E-state index contributed by atoms with van der Waals surface area (Å²) in [4.78, 5) is 27.0. The third-order valence-corrected chi connectivity index (χ3v) is 7.89. The van der Waals surface area contributed by atoms with Gasteiger partial charge in [0.2, 0.25) is 5.91 Å². The van der Waals surface area contributed by atoms with Crippen LogP contribution in [0.2, 0.25) is 5.02 Å². The van der Waals surface area contributed by atoms with Crippen LogP contribution in [0, 0.1) is 18.3 Å². The molecule has 2 heterocycles. The molecule has 2 amide bonds. The van der Waals surface area contributed by atoms with E-state index < -0.39 is 5.92 Å². The summed E-state index contributed by atoms with van der Waals surface area (Å²) in [5, 5.41) is 22.1. The molecule has 0 saturated carbocycles. The van der Waals surface area contributed by atoms with E-state index in [2.05, 4.69) is 22.0 Å². The molecule has 0 saturated heterocycles. The average molecular weight is 535 g/mol. The number of carbonyl (C=O) groups excluding carboxylic acids is 2. The first-order valence-electron chi connectivity index (χ1n) is 11.1. The van der Waals surface area contributed by atoms with Crippen LogP contribution in [0.15, 0.2) is 87.9 Å². The molecule has 0 fully saturated rings. The molecule has 0 radical (unpaired) electrons. The largest absolute Gasteiger partial charge is 0.353 e. The molecule has 6 nitrogen and oxygen atoms in total. The van der Waals surface area contributed by atoms with Gasteiger partial charge in [0, 0.05) is 21.8 Å². The van der Waals surface area contributed by atoms with Crippen LogP contribution < -0.4 is 16.0 Å². The Kier molecular flexibility index (Phi) is 8.16. The summed E-state index contributed by atoms with van der Waals surface area (Å²) >= 11 is 8.84. The first-order valence-corrected chi connectivity index (χ1v) is 13.3. The van der Waals surface area contributed by atoms with Crippen LogP contribution >= 0.6 is 34.7 Å². The molecular weight excluding hydrogens is 512 g/mol. The van der Waals surface area contributed by atoms with Crippen molar-refractivity contribution < 1.29 is 9.59 Å². The highest BCUT2D eigenvalue weighted by Gasteiger charge is 2.35. The highest BCUT2D eigenvalue weighted by atomic mass is 35.5. The third kappa shape index (κ3) is 5.65. The standard InChI is InChI=1S/C27H23ClN4O2S2/c1-16-8-3-5-10-20(16)32-26(34)24-17(2)30-27(18(14-29)25(24)22-12-7-13-35-22)36-15-23(33)31-21-11-6-4-9-19(21)28/h3-13,25,30H,15H2,1-2H3,(H,31,33)(H,32,34)/t25-/m0/s1. The normalized spacial score (nSPS) is 15.2. The average Bonchev–Trinajstić information content (AvgIpc) is 3.39. The molecule has 0 bridgehead atoms. The van der Waals surface area contributed by atoms with E-state index in [9.17, 15) is 14.9 Å². The van der Waals surface area contributed by atoms with Crippen LogP contribution in [-0.2, 0) is 9.59 Å². The van der Waals surface area contributed by atoms with Gasteiger partial charge in [0.05, 0.1) is 39.1 Å². The van der Waals surface area contributed by atoms with Gasteiger partial charge >= 0.3 is 0 Å². The van der Waals surface area contributed by atoms with Crippen molar-refractivity contribution in [2.45, 2.75) is 19.8 Å². The number of allylic oxidation sites excluding steroid dienone is 2. The van der Waals surface area contributed by atoms with E-state index in [-0.39, 0.29) is 17.6 Å². The second-order valence-corrected chi connectivity index (χ2v) is 10.4. The Hall–Kier alpha value is -3.51. The number of halogens is 1. The van der Waals surface area contributed by atoms with Gasteiger partial charge in [-0.25, -0.2) is 0 Å². The lowest BCUT2D eigenvalue weighted by molar-refractivity contribution is -0.114. The highest BCUT2D eigenvalue weighted by Crippen LogP contribution is 2.42. The Morgan fingerprint density at radius 2 is 1.78 bits per heavy atom. The number of aryl methyl sites for hydroxylation is 1. The number of hydrogen-bond donors (Lipinski definition) is 3. The van der Waals surface area contributed by atoms with Crippen molar-refractivity contribution in [2.24, 2.45) is 0 Å². The summed E-state index contributed by atoms with van der Waals surface area (Å²) in [6.45, 7) is 3.74. The minimum Gasteiger partial charge on any atom is -0.353 e. The van der Waals surface area contributed by atoms with Crippen LogP contribution in [0.1, 0.15) is 23.3 Å². The number of carbonyl (C=O) groups is 2. The molecular formula is C27H23ClN4O2S2. The number of rotatable bonds is 7. The Morgan fingerprint density at radius 1 is 1.06 bits per heavy atom. The number of nitrogens with zero attached hydrogens (tertiary/aromatic N) is 1. The molecule has 1 atom stereocenters. The summed E-state index contributed by atoms with van der Waals surface area (Å²) in [6, 6.07) is 20.7. The van der Waals surface area contributed by atoms with Crippen molar-refractivity contribution in [1.29, 1.82) is 5.26 Å². The zero-order chi connectivity index (χ0) is 25.7. The summed E-state index contributed by atoms with van der Waals surface area (Å²) in [5.74, 6) is -1.01. The quantitative estimate of drug-likeness (QED) is 0.325. The van der Waals surface area contributed by atoms with E-state index in [1.807, 2.05) is 55.6 Å². The number of thiophene rings is 1. The van der Waals surface area contributed by atoms with Crippen molar-refractivity contribution >= 4 is 57.9 Å². The molecule has 3 aromatic rings. The Morgan fingerprint density at radius 3 is 2.44 bits per heavy atom. The molecule has 4 rings (SSSR count). The molecule has 1 aliphatic heterocycles. The van der Waals surface area contributed by atoms with Crippen molar-refractivity contribution in [2.75, 3.05) is 16.4 Å². The van der Waals surface area contributed by atoms with Crippen molar-refractivity contribution in [3.63, 3.8) is 0 Å². The topological polar surface area (TPSA) is 94.0 Å². The Labute approximate surface area is 223 Å². The SMILES string of the molecule is CC1=C(C(=O)Nc2ccccc2C)[C@H](c2cccs2)C(C#N)=C(SCC(=O)Nc2ccccc2Cl)N1. The molecule has 0 spiro atoms. The molecule has 1 aliphatic rings. The Bertz CT molecular complexity index is 1410. The van der Waals surface area contributed by atoms with Crippen molar-refractivity contribution in [3.8, 4) is 6.07 Å². The predicted molar refractivity (Wildman–Crippen MR) is 148 cm³/mol. The van der Waals surface area contributed by atoms with E-state index >= 15 is 0 Å². The lowest BCUT2D eigenvalue weighted by Crippen LogP contribution is -2.31. The maximum Gasteiger partial charge on any atom is 0.254 e. The number of amides is 2. The lowest BCUT2D eigenvalue weighted by Gasteiger charge is -2.29. The summed E-state index contributed by atoms with van der Waals surface area (Å²) in [7, 11) is 0. The van der Waals surface area contributed by atoms with Crippen molar-refractivity contribution in [1.82, 2.24) is 5.32 Å². The summed E-state index contributed by atoms with van der Waals surface area (Å²) in [6.07, 6.45) is 0. The number of para-hydroxylation sites is 2. The van der Waals surface area contributed by atoms with Gasteiger partial charge in [0.25, 0.3) is 5.91 Å². The van der Waals surface area contributed by atoms with E-state index in [1.165, 1.54) is 23.1 Å². The molecule has 0 unspecified atom stereocenters. The van der Waals surface area contributed by atoms with Gasteiger partial charge < -0.3 is 16.0 Å². The molecule has 36 heavy (non-hydrogen) atoms. The minimum absolute atomic E-state index is 0.0634. The van der Waals surface area contributed by atoms with Gasteiger partial charge in [-0.15, -0.1) is 11.3 Å². The number of hydrogen-bond acceptors (Lipinski definition) is 6. The number of anilines is 2. The number of benzene rings is 2. The molecule has 9 heteroatoms. The fraction of sp³-hybridized carbons (Fsp3) is 0.148. The van der Waals surface area contributed by atoms with E-state index in [0.717, 1.165) is 10.4 Å². The molecule has 3 N–H and O–H groups in total.